The minimum Gasteiger partial charge on any atom is -0.467 e. The molecule has 1 aliphatic carbocycles. The van der Waals surface area contributed by atoms with Gasteiger partial charge in [-0.1, -0.05) is 24.3 Å². The van der Waals surface area contributed by atoms with Gasteiger partial charge in [0.1, 0.15) is 10.8 Å². The van der Waals surface area contributed by atoms with Crippen LogP contribution in [0.15, 0.2) is 56.9 Å². The second kappa shape index (κ2) is 6.92. The summed E-state index contributed by atoms with van der Waals surface area (Å²) in [4.78, 5) is 17.0. The van der Waals surface area contributed by atoms with Gasteiger partial charge in [-0.3, -0.25) is 4.57 Å². The Kier molecular flexibility index (Phi) is 4.49. The number of hydrogen-bond acceptors (Lipinski definition) is 4. The minimum atomic E-state index is -0.177. The van der Waals surface area contributed by atoms with Crippen molar-refractivity contribution in [2.24, 2.45) is 0 Å². The van der Waals surface area contributed by atoms with Crippen molar-refractivity contribution >= 4 is 11.8 Å². The molecule has 2 heterocycles. The number of furan rings is 1. The molecule has 4 nitrogen and oxygen atoms in total. The molecular weight excluding hydrogens is 332 g/mol. The molecule has 0 saturated carbocycles. The first-order valence-corrected chi connectivity index (χ1v) is 9.53. The van der Waals surface area contributed by atoms with Gasteiger partial charge in [-0.05, 0) is 49.4 Å². The molecular formula is C20H20N2O2S. The maximum absolute atomic E-state index is 12.6. The van der Waals surface area contributed by atoms with Gasteiger partial charge < -0.3 is 4.42 Å². The summed E-state index contributed by atoms with van der Waals surface area (Å²) in [6, 6.07) is 12.1. The lowest BCUT2D eigenvalue weighted by atomic mass is 10.1. The Labute approximate surface area is 150 Å². The van der Waals surface area contributed by atoms with Crippen molar-refractivity contribution < 1.29 is 4.42 Å². The Morgan fingerprint density at radius 2 is 2.08 bits per heavy atom. The second-order valence-electron chi connectivity index (χ2n) is 6.36. The van der Waals surface area contributed by atoms with Crippen LogP contribution in [0.5, 0.6) is 0 Å². The first-order chi connectivity index (χ1) is 12.2. The largest absolute Gasteiger partial charge is 0.467 e. The fourth-order valence-corrected chi connectivity index (χ4v) is 4.50. The lowest BCUT2D eigenvalue weighted by molar-refractivity contribution is 0.481. The van der Waals surface area contributed by atoms with Crippen LogP contribution in [-0.2, 0) is 25.1 Å². The zero-order valence-electron chi connectivity index (χ0n) is 14.2. The lowest BCUT2D eigenvalue weighted by Crippen LogP contribution is -2.27. The molecule has 0 N–H and O–H groups in total. The Morgan fingerprint density at radius 3 is 2.88 bits per heavy atom. The van der Waals surface area contributed by atoms with Crippen LogP contribution in [0.2, 0.25) is 0 Å². The Hall–Kier alpha value is -2.27. The van der Waals surface area contributed by atoms with Crippen molar-refractivity contribution in [3.8, 4) is 0 Å². The van der Waals surface area contributed by atoms with Crippen LogP contribution in [0.1, 0.15) is 34.6 Å². The normalized spacial score (nSPS) is 13.2. The van der Waals surface area contributed by atoms with Crippen LogP contribution in [0.3, 0.4) is 0 Å². The molecule has 0 bridgehead atoms. The molecule has 0 aliphatic heterocycles. The zero-order valence-corrected chi connectivity index (χ0v) is 15.0. The average molecular weight is 352 g/mol. The van der Waals surface area contributed by atoms with E-state index in [1.54, 1.807) is 22.6 Å². The Bertz CT molecular complexity index is 945. The van der Waals surface area contributed by atoms with Gasteiger partial charge in [0, 0.05) is 17.0 Å². The van der Waals surface area contributed by atoms with E-state index in [0.717, 1.165) is 41.5 Å². The summed E-state index contributed by atoms with van der Waals surface area (Å²) >= 11 is 1.68. The number of aromatic nitrogens is 2. The third-order valence-electron chi connectivity index (χ3n) is 4.72. The molecule has 0 radical (unpaired) electrons. The second-order valence-corrected chi connectivity index (χ2v) is 7.32. The lowest BCUT2D eigenvalue weighted by Gasteiger charge is -2.13. The van der Waals surface area contributed by atoms with E-state index in [4.69, 9.17) is 4.42 Å². The Balaban J connectivity index is 1.64. The van der Waals surface area contributed by atoms with Crippen LogP contribution < -0.4 is 5.69 Å². The molecule has 0 atom stereocenters. The summed E-state index contributed by atoms with van der Waals surface area (Å²) in [6.45, 7) is 2.58. The molecule has 0 saturated heterocycles. The van der Waals surface area contributed by atoms with E-state index < -0.39 is 0 Å². The standard InChI is InChI=1S/C20H20N2O2S/c1-14-6-2-3-7-15(14)13-25-19-17-9-4-10-18(17)22(20(23)21-19)12-16-8-5-11-24-16/h2-3,5-8,11H,4,9-10,12-13H2,1H3. The molecule has 2 aromatic heterocycles. The van der Waals surface area contributed by atoms with Gasteiger partial charge in [0.2, 0.25) is 0 Å². The van der Waals surface area contributed by atoms with E-state index in [9.17, 15) is 4.79 Å². The molecule has 3 aromatic rings. The summed E-state index contributed by atoms with van der Waals surface area (Å²) in [5.74, 6) is 1.63. The number of hydrogen-bond donors (Lipinski definition) is 0. The topological polar surface area (TPSA) is 48.0 Å². The molecule has 1 aliphatic rings. The fraction of sp³-hybridized carbons (Fsp3) is 0.300. The van der Waals surface area contributed by atoms with E-state index in [-0.39, 0.29) is 5.69 Å². The van der Waals surface area contributed by atoms with Gasteiger partial charge in [0.05, 0.1) is 12.8 Å². The molecule has 128 valence electrons. The van der Waals surface area contributed by atoms with E-state index >= 15 is 0 Å². The summed E-state index contributed by atoms with van der Waals surface area (Å²) < 4.78 is 7.19. The molecule has 1 aromatic carbocycles. The summed E-state index contributed by atoms with van der Waals surface area (Å²) in [6.07, 6.45) is 4.65. The number of thioether (sulfide) groups is 1. The number of benzene rings is 1. The van der Waals surface area contributed by atoms with Crippen LogP contribution in [-0.4, -0.2) is 9.55 Å². The molecule has 0 fully saturated rings. The highest BCUT2D eigenvalue weighted by Crippen LogP contribution is 2.31. The SMILES string of the molecule is Cc1ccccc1CSc1nc(=O)n(Cc2ccco2)c2c1CCC2. The van der Waals surface area contributed by atoms with Crippen molar-refractivity contribution in [3.05, 3.63) is 81.3 Å². The summed E-state index contributed by atoms with van der Waals surface area (Å²) in [7, 11) is 0. The number of aryl methyl sites for hydroxylation is 1. The van der Waals surface area contributed by atoms with Crippen LogP contribution in [0, 0.1) is 6.92 Å². The van der Waals surface area contributed by atoms with Crippen LogP contribution in [0.4, 0.5) is 0 Å². The predicted octanol–water partition coefficient (Wildman–Crippen LogP) is 3.97. The third-order valence-corrected chi connectivity index (χ3v) is 5.79. The molecule has 25 heavy (non-hydrogen) atoms. The van der Waals surface area contributed by atoms with Gasteiger partial charge in [0.15, 0.2) is 0 Å². The van der Waals surface area contributed by atoms with Gasteiger partial charge in [-0.2, -0.15) is 4.98 Å². The highest BCUT2D eigenvalue weighted by Gasteiger charge is 2.22. The van der Waals surface area contributed by atoms with E-state index in [1.165, 1.54) is 16.7 Å². The van der Waals surface area contributed by atoms with Crippen molar-refractivity contribution in [2.75, 3.05) is 0 Å². The number of nitrogens with zero attached hydrogens (tertiary/aromatic N) is 2. The molecule has 0 unspecified atom stereocenters. The maximum atomic E-state index is 12.6. The highest BCUT2D eigenvalue weighted by molar-refractivity contribution is 7.98. The van der Waals surface area contributed by atoms with E-state index in [0.29, 0.717) is 6.54 Å². The van der Waals surface area contributed by atoms with Gasteiger partial charge in [-0.15, -0.1) is 11.8 Å². The number of rotatable bonds is 5. The average Bonchev–Trinajstić information content (AvgIpc) is 3.28. The van der Waals surface area contributed by atoms with Crippen molar-refractivity contribution in [1.29, 1.82) is 0 Å². The smallest absolute Gasteiger partial charge is 0.349 e. The van der Waals surface area contributed by atoms with Crippen molar-refractivity contribution in [3.63, 3.8) is 0 Å². The number of fused-ring (bicyclic) bond motifs is 1. The van der Waals surface area contributed by atoms with E-state index in [1.807, 2.05) is 12.1 Å². The van der Waals surface area contributed by atoms with Crippen molar-refractivity contribution in [2.45, 2.75) is 43.5 Å². The first kappa shape index (κ1) is 16.2. The van der Waals surface area contributed by atoms with Gasteiger partial charge in [-0.25, -0.2) is 4.79 Å². The first-order valence-electron chi connectivity index (χ1n) is 8.54. The molecule has 0 amide bonds. The third kappa shape index (κ3) is 3.29. The molecule has 5 heteroatoms. The van der Waals surface area contributed by atoms with Crippen molar-refractivity contribution in [1.82, 2.24) is 9.55 Å². The van der Waals surface area contributed by atoms with Gasteiger partial charge in [0.25, 0.3) is 0 Å². The van der Waals surface area contributed by atoms with Crippen LogP contribution >= 0.6 is 11.8 Å². The minimum absolute atomic E-state index is 0.177. The highest BCUT2D eigenvalue weighted by atomic mass is 32.2. The molecule has 4 rings (SSSR count). The zero-order chi connectivity index (χ0) is 17.2. The monoisotopic (exact) mass is 352 g/mol. The predicted molar refractivity (Wildman–Crippen MR) is 99.1 cm³/mol. The summed E-state index contributed by atoms with van der Waals surface area (Å²) in [5.41, 5.74) is 4.76. The van der Waals surface area contributed by atoms with Crippen LogP contribution in [0.25, 0.3) is 0 Å². The fourth-order valence-electron chi connectivity index (χ4n) is 3.35. The molecule has 0 spiro atoms. The van der Waals surface area contributed by atoms with Gasteiger partial charge >= 0.3 is 5.69 Å². The maximum Gasteiger partial charge on any atom is 0.349 e. The summed E-state index contributed by atoms with van der Waals surface area (Å²) in [5, 5.41) is 0.899. The van der Waals surface area contributed by atoms with E-state index in [2.05, 4.69) is 36.2 Å². The quantitative estimate of drug-likeness (QED) is 0.515. The Morgan fingerprint density at radius 1 is 1.20 bits per heavy atom.